The zero-order chi connectivity index (χ0) is 22.8. The maximum absolute atomic E-state index is 13.2. The van der Waals surface area contributed by atoms with Crippen molar-refractivity contribution in [1.29, 1.82) is 0 Å². The van der Waals surface area contributed by atoms with Crippen LogP contribution in [0, 0.1) is 0 Å². The summed E-state index contributed by atoms with van der Waals surface area (Å²) in [4.78, 5) is 38.8. The van der Waals surface area contributed by atoms with E-state index in [1.807, 2.05) is 31.2 Å². The second-order valence-electron chi connectivity index (χ2n) is 7.46. The molecule has 0 spiro atoms. The van der Waals surface area contributed by atoms with Crippen LogP contribution in [0.2, 0.25) is 0 Å². The average molecular weight is 494 g/mol. The van der Waals surface area contributed by atoms with Crippen molar-refractivity contribution in [3.05, 3.63) is 103 Å². The summed E-state index contributed by atoms with van der Waals surface area (Å²) in [5, 5.41) is 10.8. The van der Waals surface area contributed by atoms with Gasteiger partial charge in [-0.3, -0.25) is 18.7 Å². The number of hydrogen-bond donors (Lipinski definition) is 1. The topological polar surface area (TPSA) is 98.9 Å². The van der Waals surface area contributed by atoms with E-state index >= 15 is 0 Å². The Morgan fingerprint density at radius 2 is 1.84 bits per heavy atom. The largest absolute Gasteiger partial charge is 0.345 e. The SMILES string of the molecule is CC(NC(=O)c1ccc2c(c1)c(=O)n(Cc1ccc(Br)cc1)c(=O)n2C)c1ccnnc1. The smallest absolute Gasteiger partial charge is 0.331 e. The number of rotatable bonds is 5. The van der Waals surface area contributed by atoms with Gasteiger partial charge in [0.1, 0.15) is 0 Å². The average Bonchev–Trinajstić information content (AvgIpc) is 2.81. The molecule has 0 aliphatic heterocycles. The summed E-state index contributed by atoms with van der Waals surface area (Å²) in [6.45, 7) is 1.97. The van der Waals surface area contributed by atoms with Crippen LogP contribution in [0.3, 0.4) is 0 Å². The van der Waals surface area contributed by atoms with Gasteiger partial charge in [-0.15, -0.1) is 0 Å². The molecule has 8 nitrogen and oxygen atoms in total. The molecule has 162 valence electrons. The van der Waals surface area contributed by atoms with E-state index in [9.17, 15) is 14.4 Å². The minimum Gasteiger partial charge on any atom is -0.345 e. The lowest BCUT2D eigenvalue weighted by molar-refractivity contribution is 0.0940. The Kier molecular flexibility index (Phi) is 6.00. The van der Waals surface area contributed by atoms with E-state index in [1.165, 1.54) is 15.2 Å². The van der Waals surface area contributed by atoms with Gasteiger partial charge >= 0.3 is 5.69 Å². The lowest BCUT2D eigenvalue weighted by atomic mass is 10.1. The summed E-state index contributed by atoms with van der Waals surface area (Å²) in [6, 6.07) is 13.6. The van der Waals surface area contributed by atoms with Gasteiger partial charge in [-0.25, -0.2) is 4.79 Å². The molecule has 0 saturated carbocycles. The number of aryl methyl sites for hydroxylation is 1. The monoisotopic (exact) mass is 493 g/mol. The van der Waals surface area contributed by atoms with Gasteiger partial charge in [0.05, 0.1) is 29.7 Å². The molecule has 2 aromatic heterocycles. The van der Waals surface area contributed by atoms with Gasteiger partial charge < -0.3 is 5.32 Å². The van der Waals surface area contributed by atoms with Gasteiger partial charge in [0.2, 0.25) is 0 Å². The quantitative estimate of drug-likeness (QED) is 0.460. The van der Waals surface area contributed by atoms with Crippen molar-refractivity contribution >= 4 is 32.7 Å². The molecule has 0 fully saturated rings. The number of hydrogen-bond acceptors (Lipinski definition) is 5. The lowest BCUT2D eigenvalue weighted by Gasteiger charge is -2.15. The van der Waals surface area contributed by atoms with E-state index in [-0.39, 0.29) is 18.5 Å². The van der Waals surface area contributed by atoms with Crippen molar-refractivity contribution in [3.8, 4) is 0 Å². The summed E-state index contributed by atoms with van der Waals surface area (Å²) in [6.07, 6.45) is 3.14. The van der Waals surface area contributed by atoms with Crippen molar-refractivity contribution in [2.24, 2.45) is 7.05 Å². The number of benzene rings is 2. The molecular formula is C23H20BrN5O3. The van der Waals surface area contributed by atoms with Crippen LogP contribution < -0.4 is 16.6 Å². The molecule has 0 radical (unpaired) electrons. The Morgan fingerprint density at radius 3 is 2.53 bits per heavy atom. The van der Waals surface area contributed by atoms with E-state index in [2.05, 4.69) is 31.4 Å². The van der Waals surface area contributed by atoms with Gasteiger partial charge in [-0.1, -0.05) is 28.1 Å². The summed E-state index contributed by atoms with van der Waals surface area (Å²) < 4.78 is 3.51. The standard InChI is InChI=1S/C23H20BrN5O3/c1-14(17-9-10-25-26-12-17)27-21(30)16-5-8-20-19(11-16)22(31)29(23(32)28(20)2)13-15-3-6-18(24)7-4-15/h3-12,14H,13H2,1-2H3,(H,27,30). The van der Waals surface area contributed by atoms with Gasteiger partial charge in [0.15, 0.2) is 0 Å². The number of nitrogens with one attached hydrogen (secondary N) is 1. The van der Waals surface area contributed by atoms with E-state index in [0.717, 1.165) is 15.6 Å². The number of amides is 1. The Bertz CT molecular complexity index is 1410. The normalized spacial score (nSPS) is 12.0. The highest BCUT2D eigenvalue weighted by atomic mass is 79.9. The fraction of sp³-hybridized carbons (Fsp3) is 0.174. The van der Waals surface area contributed by atoms with Crippen LogP contribution >= 0.6 is 15.9 Å². The molecule has 0 aliphatic carbocycles. The molecule has 1 unspecified atom stereocenters. The number of halogens is 1. The van der Waals surface area contributed by atoms with Crippen LogP contribution in [0.1, 0.15) is 34.5 Å². The van der Waals surface area contributed by atoms with Crippen molar-refractivity contribution in [3.63, 3.8) is 0 Å². The van der Waals surface area contributed by atoms with Crippen molar-refractivity contribution in [2.45, 2.75) is 19.5 Å². The summed E-state index contributed by atoms with van der Waals surface area (Å²) in [5.74, 6) is -0.330. The van der Waals surface area contributed by atoms with Crippen molar-refractivity contribution < 1.29 is 4.79 Å². The van der Waals surface area contributed by atoms with Crippen molar-refractivity contribution in [2.75, 3.05) is 0 Å². The van der Waals surface area contributed by atoms with Crippen LogP contribution in [0.15, 0.2) is 75.0 Å². The molecular weight excluding hydrogens is 474 g/mol. The molecule has 0 bridgehead atoms. The van der Waals surface area contributed by atoms with Crippen LogP contribution in [0.25, 0.3) is 10.9 Å². The predicted octanol–water partition coefficient (Wildman–Crippen LogP) is 2.79. The van der Waals surface area contributed by atoms with E-state index in [1.54, 1.807) is 37.6 Å². The lowest BCUT2D eigenvalue weighted by Crippen LogP contribution is -2.39. The molecule has 0 saturated heterocycles. The number of carbonyl (C=O) groups excluding carboxylic acids is 1. The molecule has 1 N–H and O–H groups in total. The zero-order valence-corrected chi connectivity index (χ0v) is 19.0. The second-order valence-corrected chi connectivity index (χ2v) is 8.38. The minimum absolute atomic E-state index is 0.136. The third kappa shape index (κ3) is 4.24. The minimum atomic E-state index is -0.438. The van der Waals surface area contributed by atoms with E-state index < -0.39 is 11.2 Å². The molecule has 9 heteroatoms. The molecule has 4 aromatic rings. The fourth-order valence-electron chi connectivity index (χ4n) is 3.49. The summed E-state index contributed by atoms with van der Waals surface area (Å²) in [7, 11) is 1.61. The highest BCUT2D eigenvalue weighted by Gasteiger charge is 2.16. The van der Waals surface area contributed by atoms with Crippen LogP contribution in [0.4, 0.5) is 0 Å². The summed E-state index contributed by atoms with van der Waals surface area (Å²) >= 11 is 3.38. The summed E-state index contributed by atoms with van der Waals surface area (Å²) in [5.41, 5.74) is 1.58. The Hall–Kier alpha value is -3.59. The highest BCUT2D eigenvalue weighted by Crippen LogP contribution is 2.15. The number of fused-ring (bicyclic) bond motifs is 1. The molecule has 0 aliphatic rings. The van der Waals surface area contributed by atoms with Crippen LogP contribution in [-0.2, 0) is 13.6 Å². The van der Waals surface area contributed by atoms with E-state index in [0.29, 0.717) is 16.5 Å². The van der Waals surface area contributed by atoms with Crippen molar-refractivity contribution in [1.82, 2.24) is 24.6 Å². The maximum atomic E-state index is 13.2. The molecule has 2 aromatic carbocycles. The van der Waals surface area contributed by atoms with Gasteiger partial charge in [-0.05, 0) is 54.4 Å². The van der Waals surface area contributed by atoms with E-state index in [4.69, 9.17) is 0 Å². The first-order valence-corrected chi connectivity index (χ1v) is 10.7. The number of nitrogens with zero attached hydrogens (tertiary/aromatic N) is 4. The van der Waals surface area contributed by atoms with Crippen LogP contribution in [0.5, 0.6) is 0 Å². The Balaban J connectivity index is 1.71. The van der Waals surface area contributed by atoms with Gasteiger partial charge in [0, 0.05) is 23.3 Å². The molecule has 4 rings (SSSR count). The first-order chi connectivity index (χ1) is 15.3. The predicted molar refractivity (Wildman–Crippen MR) is 125 cm³/mol. The molecule has 1 amide bonds. The van der Waals surface area contributed by atoms with Crippen LogP contribution in [-0.4, -0.2) is 25.2 Å². The molecule has 2 heterocycles. The first kappa shape index (κ1) is 21.6. The second kappa shape index (κ2) is 8.88. The first-order valence-electron chi connectivity index (χ1n) is 9.90. The molecule has 1 atom stereocenters. The Labute approximate surface area is 191 Å². The maximum Gasteiger partial charge on any atom is 0.331 e. The number of aromatic nitrogens is 4. The Morgan fingerprint density at radius 1 is 1.09 bits per heavy atom. The van der Waals surface area contributed by atoms with Gasteiger partial charge in [-0.2, -0.15) is 10.2 Å². The van der Waals surface area contributed by atoms with Gasteiger partial charge in [0.25, 0.3) is 11.5 Å². The number of carbonyl (C=O) groups is 1. The fourth-order valence-corrected chi connectivity index (χ4v) is 3.75. The zero-order valence-electron chi connectivity index (χ0n) is 17.4. The molecule has 32 heavy (non-hydrogen) atoms. The third-order valence-electron chi connectivity index (χ3n) is 5.32. The highest BCUT2D eigenvalue weighted by molar-refractivity contribution is 9.10. The third-order valence-corrected chi connectivity index (χ3v) is 5.85.